The second-order valence-corrected chi connectivity index (χ2v) is 3.99. The highest BCUT2D eigenvalue weighted by atomic mass is 16.4. The standard InChI is InChI=1S/C10H17N3O4/c1-6(9(16)12-5-8(14)15)13-10(17)7-3-2-4-11-7/h6-7,11H,2-5H2,1H3,(H,12,16)(H,13,17)(H,14,15)/t6-,7-/m0/s1. The molecule has 0 aromatic rings. The van der Waals surface area contributed by atoms with Gasteiger partial charge in [0.25, 0.3) is 0 Å². The summed E-state index contributed by atoms with van der Waals surface area (Å²) < 4.78 is 0. The molecule has 7 nitrogen and oxygen atoms in total. The van der Waals surface area contributed by atoms with Crippen LogP contribution in [0.15, 0.2) is 0 Å². The summed E-state index contributed by atoms with van der Waals surface area (Å²) in [4.78, 5) is 33.3. The molecule has 0 unspecified atom stereocenters. The van der Waals surface area contributed by atoms with Gasteiger partial charge in [-0.1, -0.05) is 0 Å². The molecule has 1 aliphatic heterocycles. The molecule has 0 aliphatic carbocycles. The van der Waals surface area contributed by atoms with E-state index >= 15 is 0 Å². The fraction of sp³-hybridized carbons (Fsp3) is 0.700. The average molecular weight is 243 g/mol. The Kier molecular flexibility index (Phi) is 4.89. The summed E-state index contributed by atoms with van der Waals surface area (Å²) in [6.45, 7) is 1.88. The van der Waals surface area contributed by atoms with Gasteiger partial charge in [-0.25, -0.2) is 0 Å². The second kappa shape index (κ2) is 6.19. The van der Waals surface area contributed by atoms with Gasteiger partial charge in [-0.3, -0.25) is 14.4 Å². The second-order valence-electron chi connectivity index (χ2n) is 3.99. The zero-order valence-corrected chi connectivity index (χ0v) is 9.66. The van der Waals surface area contributed by atoms with Crippen molar-refractivity contribution in [3.8, 4) is 0 Å². The van der Waals surface area contributed by atoms with Crippen LogP contribution < -0.4 is 16.0 Å². The molecule has 0 bridgehead atoms. The van der Waals surface area contributed by atoms with E-state index in [4.69, 9.17) is 5.11 Å². The van der Waals surface area contributed by atoms with E-state index in [9.17, 15) is 14.4 Å². The van der Waals surface area contributed by atoms with Crippen molar-refractivity contribution in [1.82, 2.24) is 16.0 Å². The van der Waals surface area contributed by atoms with Crippen molar-refractivity contribution in [2.24, 2.45) is 0 Å². The molecule has 96 valence electrons. The van der Waals surface area contributed by atoms with E-state index < -0.39 is 24.5 Å². The van der Waals surface area contributed by atoms with Crippen molar-refractivity contribution >= 4 is 17.8 Å². The Morgan fingerprint density at radius 2 is 2.18 bits per heavy atom. The van der Waals surface area contributed by atoms with Crippen molar-refractivity contribution in [1.29, 1.82) is 0 Å². The molecule has 1 fully saturated rings. The summed E-state index contributed by atoms with van der Waals surface area (Å²) in [5.41, 5.74) is 0. The van der Waals surface area contributed by atoms with Gasteiger partial charge in [-0.2, -0.15) is 0 Å². The molecule has 4 N–H and O–H groups in total. The van der Waals surface area contributed by atoms with Crippen LogP contribution in [0.4, 0.5) is 0 Å². The molecule has 1 aliphatic rings. The number of hydrogen-bond acceptors (Lipinski definition) is 4. The number of carbonyl (C=O) groups is 3. The number of carboxylic acids is 1. The van der Waals surface area contributed by atoms with Crippen LogP contribution in [-0.2, 0) is 14.4 Å². The lowest BCUT2D eigenvalue weighted by molar-refractivity contribution is -0.138. The van der Waals surface area contributed by atoms with Crippen molar-refractivity contribution < 1.29 is 19.5 Å². The summed E-state index contributed by atoms with van der Waals surface area (Å²) in [7, 11) is 0. The van der Waals surface area contributed by atoms with Crippen molar-refractivity contribution in [3.63, 3.8) is 0 Å². The van der Waals surface area contributed by atoms with Crippen molar-refractivity contribution in [2.75, 3.05) is 13.1 Å². The molecule has 0 aromatic carbocycles. The van der Waals surface area contributed by atoms with E-state index in [0.717, 1.165) is 19.4 Å². The van der Waals surface area contributed by atoms with Gasteiger partial charge in [0.2, 0.25) is 11.8 Å². The lowest BCUT2D eigenvalue weighted by Gasteiger charge is -2.16. The maximum atomic E-state index is 11.6. The number of amides is 2. The van der Waals surface area contributed by atoms with Crippen LogP contribution >= 0.6 is 0 Å². The minimum atomic E-state index is -1.12. The third-order valence-corrected chi connectivity index (χ3v) is 2.54. The smallest absolute Gasteiger partial charge is 0.322 e. The average Bonchev–Trinajstić information content (AvgIpc) is 2.78. The van der Waals surface area contributed by atoms with Gasteiger partial charge in [0.1, 0.15) is 12.6 Å². The molecule has 2 amide bonds. The van der Waals surface area contributed by atoms with Crippen molar-refractivity contribution in [2.45, 2.75) is 31.8 Å². The van der Waals surface area contributed by atoms with E-state index in [-0.39, 0.29) is 11.9 Å². The van der Waals surface area contributed by atoms with Gasteiger partial charge in [0.15, 0.2) is 0 Å². The first-order valence-electron chi connectivity index (χ1n) is 5.54. The zero-order chi connectivity index (χ0) is 12.8. The fourth-order valence-electron chi connectivity index (χ4n) is 1.60. The molecule has 0 radical (unpaired) electrons. The Balaban J connectivity index is 2.31. The summed E-state index contributed by atoms with van der Waals surface area (Å²) in [6.07, 6.45) is 1.70. The van der Waals surface area contributed by atoms with Crippen LogP contribution in [0.3, 0.4) is 0 Å². The Hall–Kier alpha value is -1.63. The largest absolute Gasteiger partial charge is 0.480 e. The zero-order valence-electron chi connectivity index (χ0n) is 9.66. The molecule has 1 rings (SSSR count). The van der Waals surface area contributed by atoms with Gasteiger partial charge >= 0.3 is 5.97 Å². The highest BCUT2D eigenvalue weighted by molar-refractivity contribution is 5.90. The van der Waals surface area contributed by atoms with Gasteiger partial charge in [-0.05, 0) is 26.3 Å². The van der Waals surface area contributed by atoms with Gasteiger partial charge in [0.05, 0.1) is 6.04 Å². The van der Waals surface area contributed by atoms with Crippen LogP contribution in [0.5, 0.6) is 0 Å². The normalized spacial score (nSPS) is 20.6. The molecule has 17 heavy (non-hydrogen) atoms. The number of carbonyl (C=O) groups excluding carboxylic acids is 2. The highest BCUT2D eigenvalue weighted by Gasteiger charge is 2.24. The highest BCUT2D eigenvalue weighted by Crippen LogP contribution is 2.04. The monoisotopic (exact) mass is 243 g/mol. The van der Waals surface area contributed by atoms with Crippen LogP contribution in [-0.4, -0.2) is 48.1 Å². The predicted octanol–water partition coefficient (Wildman–Crippen LogP) is -1.56. The SMILES string of the molecule is C[C@H](NC(=O)[C@@H]1CCCN1)C(=O)NCC(=O)O. The number of nitrogens with one attached hydrogen (secondary N) is 3. The number of hydrogen-bond donors (Lipinski definition) is 4. The van der Waals surface area contributed by atoms with Crippen LogP contribution in [0.25, 0.3) is 0 Å². The quantitative estimate of drug-likeness (QED) is 0.467. The summed E-state index contributed by atoms with van der Waals surface area (Å²) in [5.74, 6) is -1.84. The van der Waals surface area contributed by atoms with Gasteiger partial charge < -0.3 is 21.1 Å². The van der Waals surface area contributed by atoms with E-state index in [0.29, 0.717) is 0 Å². The molecule has 2 atom stereocenters. The minimum absolute atomic E-state index is 0.222. The number of aliphatic carboxylic acids is 1. The Morgan fingerprint density at radius 1 is 1.47 bits per heavy atom. The molecule has 7 heteroatoms. The lowest BCUT2D eigenvalue weighted by Crippen LogP contribution is -2.50. The summed E-state index contributed by atoms with van der Waals surface area (Å²) in [5, 5.41) is 16.1. The first-order chi connectivity index (χ1) is 8.00. The molecule has 1 heterocycles. The third kappa shape index (κ3) is 4.39. The number of rotatable bonds is 5. The van der Waals surface area contributed by atoms with E-state index in [1.54, 1.807) is 0 Å². The molecule has 0 saturated carbocycles. The summed E-state index contributed by atoms with van der Waals surface area (Å²) in [6, 6.07) is -0.978. The minimum Gasteiger partial charge on any atom is -0.480 e. The van der Waals surface area contributed by atoms with Crippen molar-refractivity contribution in [3.05, 3.63) is 0 Å². The van der Waals surface area contributed by atoms with E-state index in [1.165, 1.54) is 6.92 Å². The maximum absolute atomic E-state index is 11.6. The van der Waals surface area contributed by atoms with Gasteiger partial charge in [-0.15, -0.1) is 0 Å². The first-order valence-corrected chi connectivity index (χ1v) is 5.54. The van der Waals surface area contributed by atoms with E-state index in [2.05, 4.69) is 16.0 Å². The summed E-state index contributed by atoms with van der Waals surface area (Å²) >= 11 is 0. The molecular weight excluding hydrogens is 226 g/mol. The fourth-order valence-corrected chi connectivity index (χ4v) is 1.60. The third-order valence-electron chi connectivity index (χ3n) is 2.54. The topological polar surface area (TPSA) is 108 Å². The number of carboxylic acid groups (broad SMARTS) is 1. The molecular formula is C10H17N3O4. The van der Waals surface area contributed by atoms with Gasteiger partial charge in [0, 0.05) is 0 Å². The Bertz CT molecular complexity index is 313. The maximum Gasteiger partial charge on any atom is 0.322 e. The van der Waals surface area contributed by atoms with Crippen LogP contribution in [0.2, 0.25) is 0 Å². The van der Waals surface area contributed by atoms with E-state index in [1.807, 2.05) is 0 Å². The lowest BCUT2D eigenvalue weighted by atomic mass is 10.2. The molecule has 0 aromatic heterocycles. The Morgan fingerprint density at radius 3 is 2.71 bits per heavy atom. The Labute approximate surface area is 98.9 Å². The molecule has 1 saturated heterocycles. The molecule has 0 spiro atoms. The van der Waals surface area contributed by atoms with Crippen LogP contribution in [0, 0.1) is 0 Å². The first kappa shape index (κ1) is 13.4. The van der Waals surface area contributed by atoms with Crippen LogP contribution in [0.1, 0.15) is 19.8 Å². The predicted molar refractivity (Wildman–Crippen MR) is 59.3 cm³/mol.